The summed E-state index contributed by atoms with van der Waals surface area (Å²) < 4.78 is 32.6. The van der Waals surface area contributed by atoms with Crippen LogP contribution in [-0.2, 0) is 21.3 Å². The third-order valence-electron chi connectivity index (χ3n) is 2.30. The van der Waals surface area contributed by atoms with E-state index in [2.05, 4.69) is 5.32 Å². The first-order chi connectivity index (χ1) is 8.24. The van der Waals surface area contributed by atoms with Gasteiger partial charge in [-0.2, -0.15) is 0 Å². The molecule has 6 nitrogen and oxygen atoms in total. The maximum absolute atomic E-state index is 11.0. The average molecular weight is 276 g/mol. The summed E-state index contributed by atoms with van der Waals surface area (Å²) in [5.74, 6) is 0.520. The molecule has 0 unspecified atom stereocenters. The van der Waals surface area contributed by atoms with Crippen molar-refractivity contribution in [1.29, 1.82) is 0 Å². The van der Waals surface area contributed by atoms with E-state index in [0.29, 0.717) is 25.5 Å². The standard InChI is InChI=1S/C11H20N2O4S/c1-4-16-11(2,3)8-13-7-9-5-6-10(17-9)18(12,14)15/h5-6,13H,4,7-8H2,1-3H3,(H2,12,14,15). The highest BCUT2D eigenvalue weighted by atomic mass is 32.2. The topological polar surface area (TPSA) is 94.6 Å². The Bertz CT molecular complexity index is 479. The van der Waals surface area contributed by atoms with Crippen LogP contribution in [0.4, 0.5) is 0 Å². The molecule has 18 heavy (non-hydrogen) atoms. The van der Waals surface area contributed by atoms with Crippen LogP contribution in [0.5, 0.6) is 0 Å². The summed E-state index contributed by atoms with van der Waals surface area (Å²) in [5, 5.41) is 7.86. The minimum absolute atomic E-state index is 0.219. The quantitative estimate of drug-likeness (QED) is 0.769. The second-order valence-electron chi connectivity index (χ2n) is 4.56. The molecule has 104 valence electrons. The van der Waals surface area contributed by atoms with E-state index in [9.17, 15) is 8.42 Å². The van der Waals surface area contributed by atoms with Crippen molar-refractivity contribution in [1.82, 2.24) is 5.32 Å². The number of sulfonamides is 1. The highest BCUT2D eigenvalue weighted by molar-refractivity contribution is 7.89. The number of nitrogens with two attached hydrogens (primary N) is 1. The van der Waals surface area contributed by atoms with Gasteiger partial charge in [-0.3, -0.25) is 0 Å². The number of primary sulfonamides is 1. The Kier molecular flexibility index (Phi) is 4.92. The first-order valence-electron chi connectivity index (χ1n) is 5.71. The van der Waals surface area contributed by atoms with Crippen molar-refractivity contribution >= 4 is 10.0 Å². The van der Waals surface area contributed by atoms with Crippen LogP contribution in [0.2, 0.25) is 0 Å². The lowest BCUT2D eigenvalue weighted by Gasteiger charge is -2.24. The van der Waals surface area contributed by atoms with Gasteiger partial charge in [-0.05, 0) is 32.9 Å². The summed E-state index contributed by atoms with van der Waals surface area (Å²) in [5.41, 5.74) is -0.274. The third-order valence-corrected chi connectivity index (χ3v) is 3.08. The molecule has 0 saturated heterocycles. The first kappa shape index (κ1) is 15.2. The number of hydrogen-bond acceptors (Lipinski definition) is 5. The van der Waals surface area contributed by atoms with Crippen molar-refractivity contribution in [3.05, 3.63) is 17.9 Å². The first-order valence-corrected chi connectivity index (χ1v) is 7.25. The fourth-order valence-electron chi connectivity index (χ4n) is 1.53. The van der Waals surface area contributed by atoms with Gasteiger partial charge in [0.25, 0.3) is 10.0 Å². The van der Waals surface area contributed by atoms with Crippen molar-refractivity contribution in [3.8, 4) is 0 Å². The van der Waals surface area contributed by atoms with Gasteiger partial charge < -0.3 is 14.5 Å². The number of hydrogen-bond donors (Lipinski definition) is 2. The molecule has 0 saturated carbocycles. The highest BCUT2D eigenvalue weighted by Crippen LogP contribution is 2.12. The average Bonchev–Trinajstić information content (AvgIpc) is 2.65. The predicted octanol–water partition coefficient (Wildman–Crippen LogP) is 0.832. The Hall–Kier alpha value is -0.890. The van der Waals surface area contributed by atoms with Gasteiger partial charge in [-0.25, -0.2) is 13.6 Å². The van der Waals surface area contributed by atoms with Crippen LogP contribution in [0, 0.1) is 0 Å². The van der Waals surface area contributed by atoms with Crippen LogP contribution in [0.3, 0.4) is 0 Å². The Labute approximate surface area is 108 Å². The van der Waals surface area contributed by atoms with Crippen LogP contribution >= 0.6 is 0 Å². The van der Waals surface area contributed by atoms with Gasteiger partial charge in [-0.1, -0.05) is 0 Å². The van der Waals surface area contributed by atoms with Crippen molar-refractivity contribution in [2.75, 3.05) is 13.2 Å². The summed E-state index contributed by atoms with van der Waals surface area (Å²) in [4.78, 5) is 0. The van der Waals surface area contributed by atoms with Crippen molar-refractivity contribution in [3.63, 3.8) is 0 Å². The van der Waals surface area contributed by atoms with E-state index in [0.717, 1.165) is 0 Å². The van der Waals surface area contributed by atoms with Crippen LogP contribution in [0.1, 0.15) is 26.5 Å². The molecule has 0 atom stereocenters. The zero-order valence-corrected chi connectivity index (χ0v) is 11.7. The molecule has 0 spiro atoms. The molecule has 0 bridgehead atoms. The van der Waals surface area contributed by atoms with Crippen LogP contribution in [0.15, 0.2) is 21.6 Å². The second kappa shape index (κ2) is 5.83. The molecule has 0 aromatic carbocycles. The van der Waals surface area contributed by atoms with Gasteiger partial charge in [-0.15, -0.1) is 0 Å². The molecule has 1 rings (SSSR count). The van der Waals surface area contributed by atoms with Crippen molar-refractivity contribution in [2.24, 2.45) is 5.14 Å². The Morgan fingerprint density at radius 3 is 2.61 bits per heavy atom. The van der Waals surface area contributed by atoms with Gasteiger partial charge in [0.05, 0.1) is 12.1 Å². The number of nitrogens with one attached hydrogen (secondary N) is 1. The van der Waals surface area contributed by atoms with E-state index < -0.39 is 10.0 Å². The summed E-state index contributed by atoms with van der Waals surface area (Å²) in [7, 11) is -3.76. The Balaban J connectivity index is 2.48. The molecule has 0 aliphatic heterocycles. The third kappa shape index (κ3) is 4.77. The van der Waals surface area contributed by atoms with Crippen LogP contribution < -0.4 is 10.5 Å². The van der Waals surface area contributed by atoms with E-state index in [1.54, 1.807) is 6.07 Å². The second-order valence-corrected chi connectivity index (χ2v) is 6.05. The van der Waals surface area contributed by atoms with E-state index >= 15 is 0 Å². The summed E-state index contributed by atoms with van der Waals surface area (Å²) in [6, 6.07) is 2.93. The maximum atomic E-state index is 11.0. The normalized spacial score (nSPS) is 12.9. The van der Waals surface area contributed by atoms with Gasteiger partial charge in [0, 0.05) is 13.2 Å². The molecule has 3 N–H and O–H groups in total. The predicted molar refractivity (Wildman–Crippen MR) is 67.5 cm³/mol. The lowest BCUT2D eigenvalue weighted by Crippen LogP contribution is -2.37. The Morgan fingerprint density at radius 1 is 1.44 bits per heavy atom. The molecule has 1 aromatic rings. The largest absolute Gasteiger partial charge is 0.447 e. The monoisotopic (exact) mass is 276 g/mol. The minimum atomic E-state index is -3.76. The van der Waals surface area contributed by atoms with Gasteiger partial charge >= 0.3 is 0 Å². The van der Waals surface area contributed by atoms with E-state index in [1.807, 2.05) is 20.8 Å². The zero-order valence-electron chi connectivity index (χ0n) is 10.9. The molecule has 1 heterocycles. The lowest BCUT2D eigenvalue weighted by atomic mass is 10.1. The molecule has 0 amide bonds. The van der Waals surface area contributed by atoms with Gasteiger partial charge in [0.15, 0.2) is 0 Å². The summed E-state index contributed by atoms with van der Waals surface area (Å²) in [6.07, 6.45) is 0. The summed E-state index contributed by atoms with van der Waals surface area (Å²) >= 11 is 0. The van der Waals surface area contributed by atoms with E-state index in [1.165, 1.54) is 6.07 Å². The minimum Gasteiger partial charge on any atom is -0.447 e. The molecule has 0 fully saturated rings. The van der Waals surface area contributed by atoms with Crippen molar-refractivity contribution < 1.29 is 17.6 Å². The fraction of sp³-hybridized carbons (Fsp3) is 0.636. The molecule has 7 heteroatoms. The van der Waals surface area contributed by atoms with Gasteiger partial charge in [0.2, 0.25) is 5.09 Å². The summed E-state index contributed by atoms with van der Waals surface area (Å²) in [6.45, 7) is 7.58. The maximum Gasteiger partial charge on any atom is 0.271 e. The smallest absolute Gasteiger partial charge is 0.271 e. The van der Waals surface area contributed by atoms with E-state index in [4.69, 9.17) is 14.3 Å². The molecule has 0 aliphatic carbocycles. The SMILES string of the molecule is CCOC(C)(C)CNCc1ccc(S(N)(=O)=O)o1. The van der Waals surface area contributed by atoms with Crippen LogP contribution in [-0.4, -0.2) is 27.2 Å². The zero-order chi connectivity index (χ0) is 13.8. The van der Waals surface area contributed by atoms with Gasteiger partial charge in [0.1, 0.15) is 5.76 Å². The lowest BCUT2D eigenvalue weighted by molar-refractivity contribution is -0.00923. The number of rotatable bonds is 7. The van der Waals surface area contributed by atoms with Crippen LogP contribution in [0.25, 0.3) is 0 Å². The molecule has 0 radical (unpaired) electrons. The highest BCUT2D eigenvalue weighted by Gasteiger charge is 2.17. The number of furan rings is 1. The molecular weight excluding hydrogens is 256 g/mol. The molecule has 0 aliphatic rings. The number of ether oxygens (including phenoxy) is 1. The molecule has 1 aromatic heterocycles. The fourth-order valence-corrected chi connectivity index (χ4v) is 2.02. The Morgan fingerprint density at radius 2 is 2.11 bits per heavy atom. The van der Waals surface area contributed by atoms with E-state index in [-0.39, 0.29) is 10.7 Å². The van der Waals surface area contributed by atoms with Crippen molar-refractivity contribution in [2.45, 2.75) is 38.0 Å². The molecular formula is C11H20N2O4S.